The second-order valence-corrected chi connectivity index (χ2v) is 10.7. The summed E-state index contributed by atoms with van der Waals surface area (Å²) in [6, 6.07) is 34.2. The van der Waals surface area contributed by atoms with Gasteiger partial charge in [0.15, 0.2) is 0 Å². The molecule has 0 spiro atoms. The number of hydrogen-bond donors (Lipinski definition) is 0. The van der Waals surface area contributed by atoms with Gasteiger partial charge in [0.25, 0.3) is 5.69 Å². The number of hydrogen-bond acceptors (Lipinski definition) is 2. The third-order valence-electron chi connectivity index (χ3n) is 8.68. The molecule has 8 aromatic rings. The Morgan fingerprint density at radius 1 is 0.550 bits per heavy atom. The first-order valence-corrected chi connectivity index (χ1v) is 13.7. The smallest absolute Gasteiger partial charge is 0.255 e. The third-order valence-corrected chi connectivity index (χ3v) is 8.68. The van der Waals surface area contributed by atoms with E-state index < -0.39 is 0 Å². The summed E-state index contributed by atoms with van der Waals surface area (Å²) in [6.45, 7) is 0. The van der Waals surface area contributed by atoms with Gasteiger partial charge in [0, 0.05) is 45.1 Å². The number of para-hydroxylation sites is 4. The van der Waals surface area contributed by atoms with Crippen LogP contribution < -0.4 is 4.58 Å². The van der Waals surface area contributed by atoms with Gasteiger partial charge in [-0.1, -0.05) is 72.8 Å². The van der Waals surface area contributed by atoms with Crippen molar-refractivity contribution in [3.63, 3.8) is 0 Å². The molecule has 1 aliphatic carbocycles. The van der Waals surface area contributed by atoms with Gasteiger partial charge in [0.2, 0.25) is 17.0 Å². The molecular formula is C36H21N2O2+. The Morgan fingerprint density at radius 3 is 2.17 bits per heavy atom. The van der Waals surface area contributed by atoms with Crippen molar-refractivity contribution in [1.82, 2.24) is 9.14 Å². The zero-order valence-electron chi connectivity index (χ0n) is 21.3. The number of rotatable bonds is 1. The molecule has 0 saturated heterocycles. The van der Waals surface area contributed by atoms with Gasteiger partial charge in [-0.25, -0.2) is 0 Å². The second-order valence-electron chi connectivity index (χ2n) is 10.7. The van der Waals surface area contributed by atoms with E-state index in [1.54, 1.807) is 0 Å². The molecule has 4 heterocycles. The second kappa shape index (κ2) is 7.19. The minimum absolute atomic E-state index is 0.0128. The van der Waals surface area contributed by atoms with Crippen LogP contribution in [0.2, 0.25) is 0 Å². The lowest BCUT2D eigenvalue weighted by Gasteiger charge is -2.24. The molecule has 1 aliphatic heterocycles. The van der Waals surface area contributed by atoms with E-state index in [-0.39, 0.29) is 6.04 Å². The average molecular weight is 514 g/mol. The lowest BCUT2D eigenvalue weighted by molar-refractivity contribution is 0.665. The van der Waals surface area contributed by atoms with Gasteiger partial charge in [-0.05, 0) is 30.3 Å². The van der Waals surface area contributed by atoms with E-state index in [0.29, 0.717) is 0 Å². The predicted octanol–water partition coefficient (Wildman–Crippen LogP) is 9.55. The molecular weight excluding hydrogens is 492 g/mol. The van der Waals surface area contributed by atoms with Crippen molar-refractivity contribution < 1.29 is 8.83 Å². The SMILES string of the molecule is C1=CC2=[N+](c3cccc4c3oc3ccccc34)c3cccc4c5ccc6oc7ccccc7c6c5n(c34)C2C=C1. The Labute approximate surface area is 227 Å². The van der Waals surface area contributed by atoms with Crippen molar-refractivity contribution in [3.05, 3.63) is 121 Å². The molecule has 3 aromatic heterocycles. The maximum atomic E-state index is 6.54. The van der Waals surface area contributed by atoms with E-state index in [1.165, 1.54) is 32.9 Å². The van der Waals surface area contributed by atoms with Crippen LogP contribution in [0, 0.1) is 0 Å². The molecule has 0 saturated carbocycles. The summed E-state index contributed by atoms with van der Waals surface area (Å²) < 4.78 is 17.8. The summed E-state index contributed by atoms with van der Waals surface area (Å²) in [5, 5.41) is 7.06. The number of aromatic nitrogens is 1. The molecule has 0 N–H and O–H groups in total. The van der Waals surface area contributed by atoms with Gasteiger partial charge >= 0.3 is 0 Å². The van der Waals surface area contributed by atoms with Gasteiger partial charge in [0.1, 0.15) is 28.3 Å². The molecule has 0 bridgehead atoms. The van der Waals surface area contributed by atoms with Crippen LogP contribution in [0.15, 0.2) is 130 Å². The minimum Gasteiger partial charge on any atom is -0.456 e. The molecule has 5 aromatic carbocycles. The number of fused-ring (bicyclic) bond motifs is 12. The zero-order chi connectivity index (χ0) is 25.9. The fourth-order valence-electron chi connectivity index (χ4n) is 7.10. The number of allylic oxidation sites excluding steroid dienone is 4. The Morgan fingerprint density at radius 2 is 1.27 bits per heavy atom. The molecule has 10 rings (SSSR count). The monoisotopic (exact) mass is 513 g/mol. The van der Waals surface area contributed by atoms with Crippen LogP contribution in [0.3, 0.4) is 0 Å². The van der Waals surface area contributed by atoms with E-state index in [1.807, 2.05) is 18.2 Å². The molecule has 0 amide bonds. The quantitative estimate of drug-likeness (QED) is 0.205. The first kappa shape index (κ1) is 20.6. The van der Waals surface area contributed by atoms with Crippen molar-refractivity contribution >= 4 is 82.8 Å². The molecule has 186 valence electrons. The summed E-state index contributed by atoms with van der Waals surface area (Å²) in [7, 11) is 0. The average Bonchev–Trinajstić information content (AvgIpc) is 3.68. The zero-order valence-corrected chi connectivity index (χ0v) is 21.3. The van der Waals surface area contributed by atoms with E-state index in [2.05, 4.69) is 112 Å². The lowest BCUT2D eigenvalue weighted by Crippen LogP contribution is -2.30. The summed E-state index contributed by atoms with van der Waals surface area (Å²) in [6.07, 6.45) is 8.84. The first-order valence-electron chi connectivity index (χ1n) is 13.7. The summed E-state index contributed by atoms with van der Waals surface area (Å²) in [5.74, 6) is 0. The van der Waals surface area contributed by atoms with Crippen molar-refractivity contribution in [3.8, 4) is 0 Å². The Balaban J connectivity index is 1.40. The summed E-state index contributed by atoms with van der Waals surface area (Å²) in [5.41, 5.74) is 9.47. The molecule has 40 heavy (non-hydrogen) atoms. The topological polar surface area (TPSA) is 34.2 Å². The predicted molar refractivity (Wildman–Crippen MR) is 164 cm³/mol. The lowest BCUT2D eigenvalue weighted by atomic mass is 10.0. The standard InChI is InChI=1S/C36H21N2O2/c1-5-17-30-21(9-1)24-12-8-16-29(36(24)40-30)37-26-13-3-4-14-27(26)38-34-22(11-7-15-28(34)37)23-19-20-32-33(35(23)38)25-10-2-6-18-31(25)39-32/h1-20,27H/q+1. The van der Waals surface area contributed by atoms with Gasteiger partial charge < -0.3 is 13.4 Å². The highest BCUT2D eigenvalue weighted by Gasteiger charge is 2.39. The van der Waals surface area contributed by atoms with Gasteiger partial charge in [-0.3, -0.25) is 0 Å². The minimum atomic E-state index is 0.0128. The van der Waals surface area contributed by atoms with Crippen LogP contribution in [0.4, 0.5) is 11.4 Å². The molecule has 0 fully saturated rings. The van der Waals surface area contributed by atoms with E-state index in [0.717, 1.165) is 49.9 Å². The Hall–Kier alpha value is -5.35. The largest absolute Gasteiger partial charge is 0.456 e. The molecule has 2 aliphatic rings. The van der Waals surface area contributed by atoms with Crippen molar-refractivity contribution in [1.29, 1.82) is 0 Å². The van der Waals surface area contributed by atoms with Crippen LogP contribution in [-0.2, 0) is 0 Å². The highest BCUT2D eigenvalue weighted by Crippen LogP contribution is 2.48. The molecule has 4 nitrogen and oxygen atoms in total. The summed E-state index contributed by atoms with van der Waals surface area (Å²) >= 11 is 0. The van der Waals surface area contributed by atoms with Crippen LogP contribution in [0.1, 0.15) is 6.04 Å². The highest BCUT2D eigenvalue weighted by molar-refractivity contribution is 6.27. The van der Waals surface area contributed by atoms with Crippen molar-refractivity contribution in [2.24, 2.45) is 0 Å². The molecule has 4 heteroatoms. The fraction of sp³-hybridized carbons (Fsp3) is 0.0278. The molecule has 1 atom stereocenters. The Kier molecular flexibility index (Phi) is 3.70. The molecule has 1 unspecified atom stereocenters. The van der Waals surface area contributed by atoms with Gasteiger partial charge in [0.05, 0.1) is 10.9 Å². The highest BCUT2D eigenvalue weighted by atomic mass is 16.3. The van der Waals surface area contributed by atoms with Crippen LogP contribution in [0.25, 0.3) is 65.7 Å². The van der Waals surface area contributed by atoms with Crippen molar-refractivity contribution in [2.45, 2.75) is 6.04 Å². The van der Waals surface area contributed by atoms with Crippen LogP contribution in [-0.4, -0.2) is 10.3 Å². The maximum Gasteiger partial charge on any atom is 0.255 e. The first-order chi connectivity index (χ1) is 19.9. The molecule has 0 radical (unpaired) electrons. The number of benzene rings is 5. The van der Waals surface area contributed by atoms with Crippen LogP contribution in [0.5, 0.6) is 0 Å². The summed E-state index contributed by atoms with van der Waals surface area (Å²) in [4.78, 5) is 0. The number of nitrogens with zero attached hydrogens (tertiary/aromatic N) is 2. The maximum absolute atomic E-state index is 6.54. The van der Waals surface area contributed by atoms with E-state index >= 15 is 0 Å². The van der Waals surface area contributed by atoms with Crippen molar-refractivity contribution in [2.75, 3.05) is 0 Å². The third kappa shape index (κ3) is 2.40. The normalized spacial score (nSPS) is 16.4. The van der Waals surface area contributed by atoms with E-state index in [9.17, 15) is 0 Å². The van der Waals surface area contributed by atoms with E-state index in [4.69, 9.17) is 8.83 Å². The van der Waals surface area contributed by atoms with Gasteiger partial charge in [-0.2, -0.15) is 4.58 Å². The van der Waals surface area contributed by atoms with Crippen LogP contribution >= 0.6 is 0 Å². The number of furan rings is 2. The van der Waals surface area contributed by atoms with Gasteiger partial charge in [-0.15, -0.1) is 0 Å². The Bertz CT molecular complexity index is 2500. The fourth-order valence-corrected chi connectivity index (χ4v) is 7.10.